The topological polar surface area (TPSA) is 75.6 Å². The molecule has 0 saturated carbocycles. The number of anilines is 1. The van der Waals surface area contributed by atoms with Crippen LogP contribution in [0.4, 0.5) is 5.69 Å². The summed E-state index contributed by atoms with van der Waals surface area (Å²) >= 11 is 5.96. The Morgan fingerprint density at radius 1 is 1.43 bits per heavy atom. The molecule has 1 amide bonds. The number of halogens is 1. The van der Waals surface area contributed by atoms with Crippen LogP contribution in [0, 0.1) is 0 Å². The van der Waals surface area contributed by atoms with E-state index in [1.54, 1.807) is 31.8 Å². The first kappa shape index (κ1) is 13.4. The normalized spacial score (nSPS) is 10.6. The molecule has 0 bridgehead atoms. The number of H-pyrrole nitrogens is 1. The summed E-state index contributed by atoms with van der Waals surface area (Å²) < 4.78 is 1.50. The van der Waals surface area contributed by atoms with Crippen LogP contribution < -0.4 is 5.32 Å². The smallest absolute Gasteiger partial charge is 0.277 e. The van der Waals surface area contributed by atoms with Gasteiger partial charge in [-0.25, -0.2) is 4.98 Å². The Bertz CT molecular complexity index is 779. The number of hydrogen-bond acceptors (Lipinski definition) is 3. The third-order valence-electron chi connectivity index (χ3n) is 2.93. The fourth-order valence-electron chi connectivity index (χ4n) is 1.98. The minimum atomic E-state index is -0.345. The van der Waals surface area contributed by atoms with Crippen molar-refractivity contribution < 1.29 is 4.79 Å². The molecular formula is C14H12ClN5O. The lowest BCUT2D eigenvalue weighted by molar-refractivity contribution is 0.102. The van der Waals surface area contributed by atoms with E-state index in [1.165, 1.54) is 4.68 Å². The SMILES string of the molecule is Cn1cc(Cl)c(C(=O)Nc2cccc(-c3cnc[nH]3)c2)n1. The molecule has 2 aromatic heterocycles. The molecule has 0 unspecified atom stereocenters. The van der Waals surface area contributed by atoms with Gasteiger partial charge in [-0.2, -0.15) is 5.10 Å². The van der Waals surface area contributed by atoms with Gasteiger partial charge in [-0.1, -0.05) is 23.7 Å². The molecule has 0 aliphatic heterocycles. The largest absolute Gasteiger partial charge is 0.345 e. The van der Waals surface area contributed by atoms with Gasteiger partial charge in [-0.15, -0.1) is 0 Å². The number of nitrogens with one attached hydrogen (secondary N) is 2. The van der Waals surface area contributed by atoms with Gasteiger partial charge in [0, 0.05) is 24.5 Å². The highest BCUT2D eigenvalue weighted by atomic mass is 35.5. The van der Waals surface area contributed by atoms with E-state index >= 15 is 0 Å². The van der Waals surface area contributed by atoms with Crippen molar-refractivity contribution in [3.63, 3.8) is 0 Å². The van der Waals surface area contributed by atoms with Crippen LogP contribution in [0.1, 0.15) is 10.5 Å². The number of carbonyl (C=O) groups excluding carboxylic acids is 1. The van der Waals surface area contributed by atoms with Gasteiger partial charge in [0.05, 0.1) is 23.2 Å². The Kier molecular flexibility index (Phi) is 3.45. The van der Waals surface area contributed by atoms with Crippen molar-refractivity contribution in [2.75, 3.05) is 5.32 Å². The summed E-state index contributed by atoms with van der Waals surface area (Å²) in [6, 6.07) is 7.43. The quantitative estimate of drug-likeness (QED) is 0.781. The number of aromatic amines is 1. The number of rotatable bonds is 3. The molecule has 21 heavy (non-hydrogen) atoms. The van der Waals surface area contributed by atoms with Gasteiger partial charge in [0.15, 0.2) is 5.69 Å². The maximum absolute atomic E-state index is 12.2. The fraction of sp³-hybridized carbons (Fsp3) is 0.0714. The summed E-state index contributed by atoms with van der Waals surface area (Å²) in [6.07, 6.45) is 4.91. The van der Waals surface area contributed by atoms with Crippen LogP contribution >= 0.6 is 11.6 Å². The molecule has 0 radical (unpaired) electrons. The highest BCUT2D eigenvalue weighted by Gasteiger charge is 2.15. The van der Waals surface area contributed by atoms with Crippen molar-refractivity contribution in [3.8, 4) is 11.3 Å². The minimum Gasteiger partial charge on any atom is -0.345 e. The number of imidazole rings is 1. The predicted octanol–water partition coefficient (Wildman–Crippen LogP) is 2.72. The summed E-state index contributed by atoms with van der Waals surface area (Å²) in [6.45, 7) is 0. The van der Waals surface area contributed by atoms with Gasteiger partial charge in [0.25, 0.3) is 5.91 Å². The molecule has 2 N–H and O–H groups in total. The molecule has 6 nitrogen and oxygen atoms in total. The maximum Gasteiger partial charge on any atom is 0.277 e. The summed E-state index contributed by atoms with van der Waals surface area (Å²) in [5, 5.41) is 7.14. The number of nitrogens with zero attached hydrogens (tertiary/aromatic N) is 3. The molecule has 0 aliphatic rings. The Balaban J connectivity index is 1.84. The second-order valence-corrected chi connectivity index (χ2v) is 4.91. The first-order valence-electron chi connectivity index (χ1n) is 6.23. The van der Waals surface area contributed by atoms with Crippen LogP contribution in [0.2, 0.25) is 5.02 Å². The van der Waals surface area contributed by atoms with E-state index in [0.29, 0.717) is 10.7 Å². The first-order chi connectivity index (χ1) is 10.1. The molecule has 0 aliphatic carbocycles. The molecule has 0 atom stereocenters. The van der Waals surface area contributed by atoms with Crippen molar-refractivity contribution in [2.24, 2.45) is 7.05 Å². The standard InChI is InChI=1S/C14H12ClN5O/c1-20-7-11(15)13(19-20)14(21)18-10-4-2-3-9(5-10)12-6-16-8-17-12/h2-8H,1H3,(H,16,17)(H,18,21). The Morgan fingerprint density at radius 3 is 2.95 bits per heavy atom. The Labute approximate surface area is 125 Å². The van der Waals surface area contributed by atoms with Crippen molar-refractivity contribution in [3.05, 3.63) is 53.7 Å². The van der Waals surface area contributed by atoms with E-state index in [-0.39, 0.29) is 11.6 Å². The highest BCUT2D eigenvalue weighted by Crippen LogP contribution is 2.21. The van der Waals surface area contributed by atoms with Crippen LogP contribution in [0.25, 0.3) is 11.3 Å². The Hall–Kier alpha value is -2.60. The second kappa shape index (κ2) is 5.41. The van der Waals surface area contributed by atoms with Gasteiger partial charge in [0.1, 0.15) is 0 Å². The lowest BCUT2D eigenvalue weighted by Gasteiger charge is -2.05. The minimum absolute atomic E-state index is 0.200. The number of benzene rings is 1. The number of aromatic nitrogens is 4. The third-order valence-corrected chi connectivity index (χ3v) is 3.21. The molecule has 106 valence electrons. The molecule has 1 aromatic carbocycles. The lowest BCUT2D eigenvalue weighted by Crippen LogP contribution is -2.13. The zero-order valence-corrected chi connectivity index (χ0v) is 11.9. The van der Waals surface area contributed by atoms with Gasteiger partial charge in [-0.05, 0) is 12.1 Å². The molecule has 3 aromatic rings. The number of carbonyl (C=O) groups is 1. The third kappa shape index (κ3) is 2.80. The monoisotopic (exact) mass is 301 g/mol. The summed E-state index contributed by atoms with van der Waals surface area (Å²) in [5.74, 6) is -0.345. The molecule has 2 heterocycles. The summed E-state index contributed by atoms with van der Waals surface area (Å²) in [5.41, 5.74) is 2.67. The van der Waals surface area contributed by atoms with Crippen LogP contribution in [-0.4, -0.2) is 25.7 Å². The second-order valence-electron chi connectivity index (χ2n) is 4.50. The Morgan fingerprint density at radius 2 is 2.29 bits per heavy atom. The van der Waals surface area contributed by atoms with Gasteiger partial charge < -0.3 is 10.3 Å². The van der Waals surface area contributed by atoms with Crippen LogP contribution in [0.5, 0.6) is 0 Å². The van der Waals surface area contributed by atoms with E-state index in [2.05, 4.69) is 20.4 Å². The van der Waals surface area contributed by atoms with Crippen molar-refractivity contribution in [1.82, 2.24) is 19.7 Å². The van der Waals surface area contributed by atoms with Crippen LogP contribution in [0.3, 0.4) is 0 Å². The highest BCUT2D eigenvalue weighted by molar-refractivity contribution is 6.34. The van der Waals surface area contributed by atoms with Crippen molar-refractivity contribution in [1.29, 1.82) is 0 Å². The fourth-order valence-corrected chi connectivity index (χ4v) is 2.25. The average Bonchev–Trinajstić information content (AvgIpc) is 3.08. The average molecular weight is 302 g/mol. The van der Waals surface area contributed by atoms with E-state index in [0.717, 1.165) is 11.3 Å². The number of amides is 1. The van der Waals surface area contributed by atoms with Gasteiger partial charge in [0.2, 0.25) is 0 Å². The predicted molar refractivity (Wildman–Crippen MR) is 80.2 cm³/mol. The number of aryl methyl sites for hydroxylation is 1. The zero-order chi connectivity index (χ0) is 14.8. The van der Waals surface area contributed by atoms with E-state index in [4.69, 9.17) is 11.6 Å². The zero-order valence-electron chi connectivity index (χ0n) is 11.2. The van der Waals surface area contributed by atoms with E-state index < -0.39 is 0 Å². The van der Waals surface area contributed by atoms with E-state index in [9.17, 15) is 4.79 Å². The molecule has 0 spiro atoms. The van der Waals surface area contributed by atoms with Crippen molar-refractivity contribution >= 4 is 23.2 Å². The molecular weight excluding hydrogens is 290 g/mol. The first-order valence-corrected chi connectivity index (χ1v) is 6.60. The molecule has 0 saturated heterocycles. The number of hydrogen-bond donors (Lipinski definition) is 2. The molecule has 7 heteroatoms. The van der Waals surface area contributed by atoms with Crippen LogP contribution in [0.15, 0.2) is 43.0 Å². The molecule has 0 fully saturated rings. The lowest BCUT2D eigenvalue weighted by atomic mass is 10.1. The van der Waals surface area contributed by atoms with Gasteiger partial charge >= 0.3 is 0 Å². The van der Waals surface area contributed by atoms with Gasteiger partial charge in [-0.3, -0.25) is 9.48 Å². The summed E-state index contributed by atoms with van der Waals surface area (Å²) in [7, 11) is 1.71. The van der Waals surface area contributed by atoms with Crippen LogP contribution in [-0.2, 0) is 7.05 Å². The summed E-state index contributed by atoms with van der Waals surface area (Å²) in [4.78, 5) is 19.2. The molecule has 3 rings (SSSR count). The van der Waals surface area contributed by atoms with E-state index in [1.807, 2.05) is 18.2 Å². The maximum atomic E-state index is 12.2. The van der Waals surface area contributed by atoms with Crippen molar-refractivity contribution in [2.45, 2.75) is 0 Å².